The lowest BCUT2D eigenvalue weighted by Crippen LogP contribution is -2.27. The zero-order valence-electron chi connectivity index (χ0n) is 11.0. The number of benzene rings is 1. The van der Waals surface area contributed by atoms with Crippen LogP contribution in [0.3, 0.4) is 0 Å². The molecule has 1 atom stereocenters. The minimum atomic E-state index is 0.556. The van der Waals surface area contributed by atoms with E-state index in [1.807, 2.05) is 23.9 Å². The van der Waals surface area contributed by atoms with Crippen LogP contribution in [-0.4, -0.2) is 24.7 Å². The van der Waals surface area contributed by atoms with E-state index in [1.54, 1.807) is 0 Å². The van der Waals surface area contributed by atoms with Crippen LogP contribution in [-0.2, 0) is 6.54 Å². The summed E-state index contributed by atoms with van der Waals surface area (Å²) in [5, 5.41) is 3.50. The van der Waals surface area contributed by atoms with Crippen LogP contribution in [0.2, 0.25) is 0 Å². The first-order valence-corrected chi connectivity index (χ1v) is 7.59. The quantitative estimate of drug-likeness (QED) is 0.768. The molecule has 0 aromatic heterocycles. The second-order valence-corrected chi connectivity index (χ2v) is 5.14. The lowest BCUT2D eigenvalue weighted by atomic mass is 10.2. The summed E-state index contributed by atoms with van der Waals surface area (Å²) in [6.07, 6.45) is 3.19. The van der Waals surface area contributed by atoms with Gasteiger partial charge in [0.05, 0.1) is 6.61 Å². The standard InChI is InChI=1S/C14H23NOS/c1-4-9-16-14-7-5-13(6-8-14)10-15-12(2)11-17-3/h5-8,12,15H,4,9-11H2,1-3H3. The summed E-state index contributed by atoms with van der Waals surface area (Å²) in [6, 6.07) is 8.91. The molecule has 0 radical (unpaired) electrons. The predicted molar refractivity (Wildman–Crippen MR) is 76.9 cm³/mol. The number of rotatable bonds is 8. The Hall–Kier alpha value is -0.670. The highest BCUT2D eigenvalue weighted by atomic mass is 32.2. The Kier molecular flexibility index (Phi) is 7.13. The predicted octanol–water partition coefficient (Wildman–Crippen LogP) is 3.32. The molecule has 0 aliphatic heterocycles. The third kappa shape index (κ3) is 5.99. The molecule has 0 bridgehead atoms. The van der Waals surface area contributed by atoms with Gasteiger partial charge in [0.2, 0.25) is 0 Å². The molecule has 1 N–H and O–H groups in total. The molecule has 0 aliphatic rings. The minimum Gasteiger partial charge on any atom is -0.494 e. The van der Waals surface area contributed by atoms with Crippen molar-refractivity contribution in [3.05, 3.63) is 29.8 Å². The average Bonchev–Trinajstić information content (AvgIpc) is 2.35. The van der Waals surface area contributed by atoms with E-state index in [0.29, 0.717) is 6.04 Å². The van der Waals surface area contributed by atoms with Crippen molar-refractivity contribution < 1.29 is 4.74 Å². The molecule has 0 amide bonds. The van der Waals surface area contributed by atoms with Gasteiger partial charge in [0, 0.05) is 18.3 Å². The second kappa shape index (κ2) is 8.43. The molecule has 0 heterocycles. The first kappa shape index (κ1) is 14.4. The van der Waals surface area contributed by atoms with Crippen molar-refractivity contribution in [1.29, 1.82) is 0 Å². The molecule has 1 unspecified atom stereocenters. The maximum Gasteiger partial charge on any atom is 0.119 e. The van der Waals surface area contributed by atoms with Crippen molar-refractivity contribution >= 4 is 11.8 Å². The number of nitrogens with one attached hydrogen (secondary N) is 1. The molecule has 1 aromatic carbocycles. The molecule has 96 valence electrons. The summed E-state index contributed by atoms with van der Waals surface area (Å²) < 4.78 is 5.55. The summed E-state index contributed by atoms with van der Waals surface area (Å²) in [4.78, 5) is 0. The average molecular weight is 253 g/mol. The molecule has 2 nitrogen and oxygen atoms in total. The Morgan fingerprint density at radius 1 is 1.29 bits per heavy atom. The van der Waals surface area contributed by atoms with E-state index in [0.717, 1.165) is 31.1 Å². The number of hydrogen-bond acceptors (Lipinski definition) is 3. The fraction of sp³-hybridized carbons (Fsp3) is 0.571. The first-order valence-electron chi connectivity index (χ1n) is 6.20. The number of thioether (sulfide) groups is 1. The van der Waals surface area contributed by atoms with Gasteiger partial charge in [-0.15, -0.1) is 0 Å². The fourth-order valence-electron chi connectivity index (χ4n) is 1.52. The summed E-state index contributed by atoms with van der Waals surface area (Å²) in [5.74, 6) is 2.12. The van der Waals surface area contributed by atoms with E-state index in [1.165, 1.54) is 5.56 Å². The Bertz CT molecular complexity index is 300. The Morgan fingerprint density at radius 3 is 2.59 bits per heavy atom. The monoisotopic (exact) mass is 253 g/mol. The van der Waals surface area contributed by atoms with Crippen LogP contribution < -0.4 is 10.1 Å². The highest BCUT2D eigenvalue weighted by molar-refractivity contribution is 7.98. The molecule has 0 aliphatic carbocycles. The summed E-state index contributed by atoms with van der Waals surface area (Å²) >= 11 is 1.87. The van der Waals surface area contributed by atoms with Gasteiger partial charge in [-0.05, 0) is 37.3 Å². The normalized spacial score (nSPS) is 12.4. The third-order valence-electron chi connectivity index (χ3n) is 2.47. The van der Waals surface area contributed by atoms with Crippen molar-refractivity contribution in [2.24, 2.45) is 0 Å². The number of hydrogen-bond donors (Lipinski definition) is 1. The molecular weight excluding hydrogens is 230 g/mol. The van der Waals surface area contributed by atoms with E-state index in [-0.39, 0.29) is 0 Å². The summed E-state index contributed by atoms with van der Waals surface area (Å²) in [7, 11) is 0. The van der Waals surface area contributed by atoms with Gasteiger partial charge in [-0.2, -0.15) is 11.8 Å². The van der Waals surface area contributed by atoms with Crippen LogP contribution >= 0.6 is 11.8 Å². The van der Waals surface area contributed by atoms with Crippen LogP contribution in [0.4, 0.5) is 0 Å². The van der Waals surface area contributed by atoms with Gasteiger partial charge in [0.15, 0.2) is 0 Å². The topological polar surface area (TPSA) is 21.3 Å². The molecule has 0 saturated heterocycles. The third-order valence-corrected chi connectivity index (χ3v) is 3.30. The minimum absolute atomic E-state index is 0.556. The van der Waals surface area contributed by atoms with Crippen LogP contribution in [0.15, 0.2) is 24.3 Å². The molecule has 3 heteroatoms. The highest BCUT2D eigenvalue weighted by Gasteiger charge is 2.00. The van der Waals surface area contributed by atoms with Crippen LogP contribution in [0.5, 0.6) is 5.75 Å². The van der Waals surface area contributed by atoms with E-state index in [9.17, 15) is 0 Å². The van der Waals surface area contributed by atoms with E-state index < -0.39 is 0 Å². The molecule has 1 rings (SSSR count). The summed E-state index contributed by atoms with van der Waals surface area (Å²) in [6.45, 7) is 6.05. The van der Waals surface area contributed by atoms with Gasteiger partial charge in [-0.1, -0.05) is 19.1 Å². The van der Waals surface area contributed by atoms with Gasteiger partial charge < -0.3 is 10.1 Å². The van der Waals surface area contributed by atoms with Crippen molar-refractivity contribution in [2.75, 3.05) is 18.6 Å². The molecule has 0 saturated carbocycles. The van der Waals surface area contributed by atoms with Gasteiger partial charge in [0.1, 0.15) is 5.75 Å². The Balaban J connectivity index is 2.34. The van der Waals surface area contributed by atoms with Gasteiger partial charge in [-0.3, -0.25) is 0 Å². The molecule has 17 heavy (non-hydrogen) atoms. The van der Waals surface area contributed by atoms with Crippen LogP contribution in [0.1, 0.15) is 25.8 Å². The second-order valence-electron chi connectivity index (χ2n) is 4.23. The fourth-order valence-corrected chi connectivity index (χ4v) is 2.14. The largest absolute Gasteiger partial charge is 0.494 e. The lowest BCUT2D eigenvalue weighted by Gasteiger charge is -2.12. The smallest absolute Gasteiger partial charge is 0.119 e. The van der Waals surface area contributed by atoms with E-state index in [2.05, 4.69) is 37.6 Å². The maximum absolute atomic E-state index is 5.55. The van der Waals surface area contributed by atoms with Gasteiger partial charge in [-0.25, -0.2) is 0 Å². The molecule has 1 aromatic rings. The van der Waals surface area contributed by atoms with Crippen molar-refractivity contribution in [1.82, 2.24) is 5.32 Å². The lowest BCUT2D eigenvalue weighted by molar-refractivity contribution is 0.317. The molecule has 0 fully saturated rings. The number of ether oxygens (including phenoxy) is 1. The summed E-state index contributed by atoms with van der Waals surface area (Å²) in [5.41, 5.74) is 1.31. The maximum atomic E-state index is 5.55. The van der Waals surface area contributed by atoms with Crippen LogP contribution in [0, 0.1) is 0 Å². The van der Waals surface area contributed by atoms with Crippen molar-refractivity contribution in [2.45, 2.75) is 32.9 Å². The molecular formula is C14H23NOS. The Labute approximate surface area is 109 Å². The van der Waals surface area contributed by atoms with Crippen LogP contribution in [0.25, 0.3) is 0 Å². The molecule has 0 spiro atoms. The Morgan fingerprint density at radius 2 is 2.00 bits per heavy atom. The van der Waals surface area contributed by atoms with Crippen molar-refractivity contribution in [3.63, 3.8) is 0 Å². The first-order chi connectivity index (χ1) is 8.26. The highest BCUT2D eigenvalue weighted by Crippen LogP contribution is 2.12. The van der Waals surface area contributed by atoms with E-state index in [4.69, 9.17) is 4.74 Å². The van der Waals surface area contributed by atoms with E-state index >= 15 is 0 Å². The van der Waals surface area contributed by atoms with Crippen molar-refractivity contribution in [3.8, 4) is 5.75 Å². The zero-order chi connectivity index (χ0) is 12.5. The van der Waals surface area contributed by atoms with Gasteiger partial charge in [0.25, 0.3) is 0 Å². The van der Waals surface area contributed by atoms with Gasteiger partial charge >= 0.3 is 0 Å². The zero-order valence-corrected chi connectivity index (χ0v) is 11.8. The SMILES string of the molecule is CCCOc1ccc(CNC(C)CSC)cc1.